The Bertz CT molecular complexity index is 1400. The predicted octanol–water partition coefficient (Wildman–Crippen LogP) is 3.62. The van der Waals surface area contributed by atoms with Crippen molar-refractivity contribution in [2.75, 3.05) is 24.5 Å². The highest BCUT2D eigenvalue weighted by atomic mass is 16.2. The normalized spacial score (nSPS) is 16.5. The molecule has 1 aliphatic heterocycles. The lowest BCUT2D eigenvalue weighted by Gasteiger charge is -2.40. The molecule has 1 saturated heterocycles. The molecule has 4 aromatic rings. The van der Waals surface area contributed by atoms with E-state index in [0.29, 0.717) is 30.8 Å². The molecule has 0 bridgehead atoms. The second-order valence-corrected chi connectivity index (χ2v) is 8.79. The van der Waals surface area contributed by atoms with E-state index in [0.717, 1.165) is 28.3 Å². The highest BCUT2D eigenvalue weighted by Crippen LogP contribution is 2.28. The van der Waals surface area contributed by atoms with Crippen LogP contribution in [0.2, 0.25) is 0 Å². The van der Waals surface area contributed by atoms with Crippen molar-refractivity contribution < 1.29 is 4.79 Å². The van der Waals surface area contributed by atoms with Crippen LogP contribution in [0.4, 0.5) is 5.95 Å². The van der Waals surface area contributed by atoms with E-state index in [1.54, 1.807) is 24.3 Å². The number of carbonyl (C=O) groups excluding carboxylic acids is 1. The Morgan fingerprint density at radius 2 is 1.94 bits per heavy atom. The molecule has 166 valence electrons. The lowest BCUT2D eigenvalue weighted by molar-refractivity contribution is 0.0673. The molecular weight excluding hydrogens is 414 g/mol. The molecular formula is C25H25N7O. The number of fused-ring (bicyclic) bond motifs is 3. The molecule has 0 aliphatic carbocycles. The molecule has 1 fully saturated rings. The van der Waals surface area contributed by atoms with Gasteiger partial charge in [-0.1, -0.05) is 32.0 Å². The minimum atomic E-state index is -0.0527. The molecule has 0 N–H and O–H groups in total. The Morgan fingerprint density at radius 1 is 1.12 bits per heavy atom. The van der Waals surface area contributed by atoms with Gasteiger partial charge in [0.25, 0.3) is 5.91 Å². The van der Waals surface area contributed by atoms with E-state index >= 15 is 0 Å². The molecule has 33 heavy (non-hydrogen) atoms. The first-order valence-corrected chi connectivity index (χ1v) is 11.2. The van der Waals surface area contributed by atoms with Crippen molar-refractivity contribution in [1.82, 2.24) is 24.5 Å². The Hall–Kier alpha value is -3.99. The number of rotatable bonds is 3. The third-order valence-electron chi connectivity index (χ3n) is 6.18. The average molecular weight is 440 g/mol. The third kappa shape index (κ3) is 3.55. The van der Waals surface area contributed by atoms with E-state index in [-0.39, 0.29) is 17.9 Å². The van der Waals surface area contributed by atoms with Crippen molar-refractivity contribution in [2.24, 2.45) is 0 Å². The van der Waals surface area contributed by atoms with Crippen molar-refractivity contribution in [3.8, 4) is 6.07 Å². The highest BCUT2D eigenvalue weighted by Gasteiger charge is 2.31. The van der Waals surface area contributed by atoms with Crippen LogP contribution in [0.25, 0.3) is 16.6 Å². The van der Waals surface area contributed by atoms with Crippen LogP contribution in [0, 0.1) is 11.3 Å². The fraction of sp³-hybridized carbons (Fsp3) is 0.320. The first kappa shape index (κ1) is 20.9. The maximum Gasteiger partial charge on any atom is 0.254 e. The summed E-state index contributed by atoms with van der Waals surface area (Å²) in [7, 11) is 0. The molecule has 1 amide bonds. The zero-order chi connectivity index (χ0) is 23.1. The average Bonchev–Trinajstić information content (AvgIpc) is 3.29. The summed E-state index contributed by atoms with van der Waals surface area (Å²) in [5, 5.41) is 19.1. The second-order valence-electron chi connectivity index (χ2n) is 8.79. The molecule has 0 spiro atoms. The molecule has 1 atom stereocenters. The SMILES string of the molecule is CC(C)c1nnc2c3ccccc3nc(N3CCN(C(=O)c4cccc(C#N)c4)C(C)C3)n12. The number of benzene rings is 2. The topological polar surface area (TPSA) is 90.4 Å². The molecule has 3 heterocycles. The van der Waals surface area contributed by atoms with E-state index in [2.05, 4.69) is 39.4 Å². The molecule has 2 aromatic heterocycles. The van der Waals surface area contributed by atoms with Crippen molar-refractivity contribution in [3.63, 3.8) is 0 Å². The number of nitriles is 1. The van der Waals surface area contributed by atoms with Crippen LogP contribution in [-0.2, 0) is 0 Å². The van der Waals surface area contributed by atoms with Crippen molar-refractivity contribution in [2.45, 2.75) is 32.7 Å². The van der Waals surface area contributed by atoms with E-state index < -0.39 is 0 Å². The minimum absolute atomic E-state index is 0.0284. The van der Waals surface area contributed by atoms with Gasteiger partial charge in [-0.3, -0.25) is 4.79 Å². The minimum Gasteiger partial charge on any atom is -0.338 e. The number of nitrogens with zero attached hydrogens (tertiary/aromatic N) is 7. The van der Waals surface area contributed by atoms with Crippen LogP contribution >= 0.6 is 0 Å². The number of hydrogen-bond acceptors (Lipinski definition) is 6. The van der Waals surface area contributed by atoms with Gasteiger partial charge in [0, 0.05) is 42.5 Å². The van der Waals surface area contributed by atoms with Crippen molar-refractivity contribution in [3.05, 3.63) is 65.5 Å². The summed E-state index contributed by atoms with van der Waals surface area (Å²) in [6.07, 6.45) is 0. The Morgan fingerprint density at radius 3 is 2.70 bits per heavy atom. The van der Waals surface area contributed by atoms with E-state index in [4.69, 9.17) is 4.98 Å². The molecule has 8 nitrogen and oxygen atoms in total. The van der Waals surface area contributed by atoms with Gasteiger partial charge >= 0.3 is 0 Å². The third-order valence-corrected chi connectivity index (χ3v) is 6.18. The Kier molecular flexibility index (Phi) is 5.17. The van der Waals surface area contributed by atoms with Gasteiger partial charge in [-0.05, 0) is 37.3 Å². The van der Waals surface area contributed by atoms with Gasteiger partial charge in [-0.15, -0.1) is 10.2 Å². The van der Waals surface area contributed by atoms with Crippen molar-refractivity contribution >= 4 is 28.4 Å². The van der Waals surface area contributed by atoms with E-state index in [9.17, 15) is 10.1 Å². The number of aromatic nitrogens is 4. The predicted molar refractivity (Wildman–Crippen MR) is 126 cm³/mol. The van der Waals surface area contributed by atoms with Gasteiger partial charge in [0.15, 0.2) is 5.65 Å². The summed E-state index contributed by atoms with van der Waals surface area (Å²) in [5.41, 5.74) is 2.71. The van der Waals surface area contributed by atoms with Crippen LogP contribution in [-0.4, -0.2) is 56.1 Å². The fourth-order valence-corrected chi connectivity index (χ4v) is 4.50. The van der Waals surface area contributed by atoms with Gasteiger partial charge < -0.3 is 9.80 Å². The zero-order valence-corrected chi connectivity index (χ0v) is 18.9. The zero-order valence-electron chi connectivity index (χ0n) is 18.9. The fourth-order valence-electron chi connectivity index (χ4n) is 4.50. The van der Waals surface area contributed by atoms with Crippen LogP contribution in [0.3, 0.4) is 0 Å². The second kappa shape index (κ2) is 8.17. The maximum absolute atomic E-state index is 13.2. The summed E-state index contributed by atoms with van der Waals surface area (Å²) in [6, 6.07) is 16.9. The molecule has 2 aromatic carbocycles. The molecule has 0 radical (unpaired) electrons. The number of para-hydroxylation sites is 1. The molecule has 1 unspecified atom stereocenters. The number of hydrogen-bond donors (Lipinski definition) is 0. The first-order chi connectivity index (χ1) is 16.0. The largest absolute Gasteiger partial charge is 0.338 e. The summed E-state index contributed by atoms with van der Waals surface area (Å²) < 4.78 is 2.06. The first-order valence-electron chi connectivity index (χ1n) is 11.2. The lowest BCUT2D eigenvalue weighted by Crippen LogP contribution is -2.54. The summed E-state index contributed by atoms with van der Waals surface area (Å²) >= 11 is 0. The summed E-state index contributed by atoms with van der Waals surface area (Å²) in [6.45, 7) is 8.09. The van der Waals surface area contributed by atoms with E-state index in [1.807, 2.05) is 36.1 Å². The highest BCUT2D eigenvalue weighted by molar-refractivity contribution is 5.95. The molecule has 5 rings (SSSR count). The van der Waals surface area contributed by atoms with Gasteiger partial charge in [0.05, 0.1) is 17.1 Å². The van der Waals surface area contributed by atoms with Gasteiger partial charge in [-0.2, -0.15) is 5.26 Å². The number of amides is 1. The molecule has 1 aliphatic rings. The lowest BCUT2D eigenvalue weighted by atomic mass is 10.1. The molecule has 0 saturated carbocycles. The monoisotopic (exact) mass is 439 g/mol. The Labute approximate surface area is 192 Å². The van der Waals surface area contributed by atoms with Gasteiger partial charge in [0.2, 0.25) is 5.95 Å². The molecule has 8 heteroatoms. The number of piperazine rings is 1. The van der Waals surface area contributed by atoms with Gasteiger partial charge in [0.1, 0.15) is 5.82 Å². The Balaban J connectivity index is 1.50. The quantitative estimate of drug-likeness (QED) is 0.484. The van der Waals surface area contributed by atoms with E-state index in [1.165, 1.54) is 0 Å². The van der Waals surface area contributed by atoms with Gasteiger partial charge in [-0.25, -0.2) is 9.38 Å². The summed E-state index contributed by atoms with van der Waals surface area (Å²) in [4.78, 5) is 22.3. The number of anilines is 1. The van der Waals surface area contributed by atoms with Crippen LogP contribution in [0.15, 0.2) is 48.5 Å². The van der Waals surface area contributed by atoms with Crippen LogP contribution < -0.4 is 4.90 Å². The number of carbonyl (C=O) groups is 1. The van der Waals surface area contributed by atoms with Crippen LogP contribution in [0.1, 0.15) is 48.4 Å². The van der Waals surface area contributed by atoms with Crippen molar-refractivity contribution in [1.29, 1.82) is 5.26 Å². The maximum atomic E-state index is 13.2. The standard InChI is InChI=1S/C25H25N7O/c1-16(2)22-28-29-23-20-9-4-5-10-21(20)27-25(32(22)23)30-11-12-31(17(3)15-30)24(33)19-8-6-7-18(13-19)14-26/h4-10,13,16-17H,11-12,15H2,1-3H3. The smallest absolute Gasteiger partial charge is 0.254 e. The van der Waals surface area contributed by atoms with Crippen LogP contribution in [0.5, 0.6) is 0 Å². The summed E-state index contributed by atoms with van der Waals surface area (Å²) in [5.74, 6) is 1.82.